The van der Waals surface area contributed by atoms with Crippen LogP contribution in [0.1, 0.15) is 64.0 Å². The van der Waals surface area contributed by atoms with E-state index in [0.29, 0.717) is 6.04 Å². The molecule has 0 amide bonds. The van der Waals surface area contributed by atoms with Crippen molar-refractivity contribution >= 4 is 15.9 Å². The summed E-state index contributed by atoms with van der Waals surface area (Å²) in [6, 6.07) is 6.89. The standard InChI is InChI=1S/C18H26BrNO/c1-3-9-20-16-12-18(8-7-13(4-2)11-18)21-17-6-5-14(19)10-15(16)17/h5-6,10,13,16,20H,3-4,7-9,11-12H2,1-2H3. The minimum atomic E-state index is 0.0763. The Labute approximate surface area is 136 Å². The molecule has 0 aromatic heterocycles. The average Bonchev–Trinajstić information content (AvgIpc) is 2.88. The van der Waals surface area contributed by atoms with Gasteiger partial charge < -0.3 is 10.1 Å². The average molecular weight is 352 g/mol. The molecule has 0 radical (unpaired) electrons. The molecule has 1 saturated carbocycles. The fourth-order valence-electron chi connectivity index (χ4n) is 3.97. The number of hydrogen-bond donors (Lipinski definition) is 1. The number of rotatable bonds is 4. The minimum absolute atomic E-state index is 0.0763. The number of benzene rings is 1. The van der Waals surface area contributed by atoms with E-state index in [4.69, 9.17) is 4.74 Å². The number of ether oxygens (including phenoxy) is 1. The van der Waals surface area contributed by atoms with Crippen molar-refractivity contribution in [3.63, 3.8) is 0 Å². The number of halogens is 1. The van der Waals surface area contributed by atoms with Gasteiger partial charge in [0.1, 0.15) is 11.4 Å². The molecule has 1 aromatic rings. The van der Waals surface area contributed by atoms with E-state index in [1.54, 1.807) is 0 Å². The first-order valence-corrected chi connectivity index (χ1v) is 9.17. The zero-order valence-electron chi connectivity index (χ0n) is 13.1. The SMILES string of the molecule is CCCNC1CC2(CCC(CC)C2)Oc2ccc(Br)cc21. The van der Waals surface area contributed by atoms with Gasteiger partial charge in [-0.3, -0.25) is 0 Å². The number of fused-ring (bicyclic) bond motifs is 1. The summed E-state index contributed by atoms with van der Waals surface area (Å²) in [5.41, 5.74) is 1.40. The Kier molecular flexibility index (Phi) is 4.60. The molecule has 1 spiro atoms. The predicted molar refractivity (Wildman–Crippen MR) is 90.8 cm³/mol. The van der Waals surface area contributed by atoms with Crippen molar-refractivity contribution < 1.29 is 4.74 Å². The molecule has 2 nitrogen and oxygen atoms in total. The molecule has 1 N–H and O–H groups in total. The Bertz CT molecular complexity index is 504. The van der Waals surface area contributed by atoms with Gasteiger partial charge in [-0.2, -0.15) is 0 Å². The van der Waals surface area contributed by atoms with Gasteiger partial charge in [0.25, 0.3) is 0 Å². The second-order valence-corrected chi connectivity index (χ2v) is 7.61. The summed E-state index contributed by atoms with van der Waals surface area (Å²) in [5.74, 6) is 1.93. The van der Waals surface area contributed by atoms with Crippen LogP contribution >= 0.6 is 15.9 Å². The monoisotopic (exact) mass is 351 g/mol. The van der Waals surface area contributed by atoms with Crippen LogP contribution in [0.2, 0.25) is 0 Å². The summed E-state index contributed by atoms with van der Waals surface area (Å²) in [7, 11) is 0. The summed E-state index contributed by atoms with van der Waals surface area (Å²) in [6.07, 6.45) is 7.33. The van der Waals surface area contributed by atoms with Gasteiger partial charge in [0.05, 0.1) is 0 Å². The smallest absolute Gasteiger partial charge is 0.125 e. The normalized spacial score (nSPS) is 31.2. The van der Waals surface area contributed by atoms with Crippen molar-refractivity contribution in [3.8, 4) is 5.75 Å². The minimum Gasteiger partial charge on any atom is -0.487 e. The van der Waals surface area contributed by atoms with Crippen molar-refractivity contribution in [2.75, 3.05) is 6.54 Å². The van der Waals surface area contributed by atoms with Crippen LogP contribution < -0.4 is 10.1 Å². The van der Waals surface area contributed by atoms with Gasteiger partial charge in [0, 0.05) is 22.5 Å². The molecular weight excluding hydrogens is 326 g/mol. The van der Waals surface area contributed by atoms with E-state index in [1.165, 1.54) is 37.7 Å². The summed E-state index contributed by atoms with van der Waals surface area (Å²) < 4.78 is 7.66. The largest absolute Gasteiger partial charge is 0.487 e. The van der Waals surface area contributed by atoms with Crippen molar-refractivity contribution in [1.29, 1.82) is 0 Å². The maximum atomic E-state index is 6.52. The molecule has 3 unspecified atom stereocenters. The van der Waals surface area contributed by atoms with Gasteiger partial charge in [-0.05, 0) is 56.3 Å². The van der Waals surface area contributed by atoms with E-state index in [1.807, 2.05) is 0 Å². The zero-order chi connectivity index (χ0) is 14.9. The molecule has 3 heteroatoms. The Morgan fingerprint density at radius 1 is 1.33 bits per heavy atom. The highest BCUT2D eigenvalue weighted by atomic mass is 79.9. The first kappa shape index (κ1) is 15.4. The Hall–Kier alpha value is -0.540. The third-order valence-corrected chi connectivity index (χ3v) is 5.63. The Morgan fingerprint density at radius 3 is 2.90 bits per heavy atom. The van der Waals surface area contributed by atoms with Gasteiger partial charge in [-0.25, -0.2) is 0 Å². The molecule has 1 heterocycles. The first-order valence-electron chi connectivity index (χ1n) is 8.37. The molecule has 3 atom stereocenters. The lowest BCUT2D eigenvalue weighted by Crippen LogP contribution is -2.42. The molecule has 1 aliphatic heterocycles. The number of nitrogens with one attached hydrogen (secondary N) is 1. The highest BCUT2D eigenvalue weighted by Crippen LogP contribution is 2.49. The molecule has 116 valence electrons. The molecule has 3 rings (SSSR count). The van der Waals surface area contributed by atoms with E-state index in [2.05, 4.69) is 53.3 Å². The quantitative estimate of drug-likeness (QED) is 0.802. The first-order chi connectivity index (χ1) is 10.2. The Balaban J connectivity index is 1.88. The molecule has 1 fully saturated rings. The van der Waals surface area contributed by atoms with Crippen molar-refractivity contribution in [3.05, 3.63) is 28.2 Å². The molecule has 21 heavy (non-hydrogen) atoms. The van der Waals surface area contributed by atoms with Crippen LogP contribution in [0.3, 0.4) is 0 Å². The highest BCUT2D eigenvalue weighted by molar-refractivity contribution is 9.10. The van der Waals surface area contributed by atoms with Crippen LogP contribution in [0.25, 0.3) is 0 Å². The van der Waals surface area contributed by atoms with Gasteiger partial charge in [-0.15, -0.1) is 0 Å². The van der Waals surface area contributed by atoms with E-state index < -0.39 is 0 Å². The highest BCUT2D eigenvalue weighted by Gasteiger charge is 2.45. The van der Waals surface area contributed by atoms with Crippen molar-refractivity contribution in [1.82, 2.24) is 5.32 Å². The third kappa shape index (κ3) is 3.14. The second-order valence-electron chi connectivity index (χ2n) is 6.70. The maximum absolute atomic E-state index is 6.52. The molecule has 2 aliphatic rings. The van der Waals surface area contributed by atoms with Crippen LogP contribution in [-0.4, -0.2) is 12.1 Å². The topological polar surface area (TPSA) is 21.3 Å². The summed E-state index contributed by atoms with van der Waals surface area (Å²) in [4.78, 5) is 0. The van der Waals surface area contributed by atoms with E-state index in [0.717, 1.165) is 29.1 Å². The van der Waals surface area contributed by atoms with Gasteiger partial charge in [0.2, 0.25) is 0 Å². The summed E-state index contributed by atoms with van der Waals surface area (Å²) in [6.45, 7) is 5.61. The zero-order valence-corrected chi connectivity index (χ0v) is 14.7. The summed E-state index contributed by atoms with van der Waals surface area (Å²) >= 11 is 3.60. The van der Waals surface area contributed by atoms with Crippen LogP contribution in [0.4, 0.5) is 0 Å². The lowest BCUT2D eigenvalue weighted by molar-refractivity contribution is 0.0328. The van der Waals surface area contributed by atoms with Gasteiger partial charge >= 0.3 is 0 Å². The molecular formula is C18H26BrNO. The molecule has 1 aliphatic carbocycles. The van der Waals surface area contributed by atoms with E-state index in [-0.39, 0.29) is 5.60 Å². The van der Waals surface area contributed by atoms with Crippen molar-refractivity contribution in [2.45, 2.75) is 64.0 Å². The van der Waals surface area contributed by atoms with Crippen LogP contribution in [0.5, 0.6) is 5.75 Å². The van der Waals surface area contributed by atoms with Gasteiger partial charge in [0.15, 0.2) is 0 Å². The Morgan fingerprint density at radius 2 is 2.19 bits per heavy atom. The molecule has 0 saturated heterocycles. The van der Waals surface area contributed by atoms with Crippen molar-refractivity contribution in [2.24, 2.45) is 5.92 Å². The maximum Gasteiger partial charge on any atom is 0.125 e. The predicted octanol–water partition coefficient (Wildman–Crippen LogP) is 5.22. The van der Waals surface area contributed by atoms with Crippen LogP contribution in [-0.2, 0) is 0 Å². The summed E-state index contributed by atoms with van der Waals surface area (Å²) in [5, 5.41) is 3.74. The van der Waals surface area contributed by atoms with E-state index in [9.17, 15) is 0 Å². The molecule has 1 aromatic carbocycles. The second kappa shape index (κ2) is 6.29. The third-order valence-electron chi connectivity index (χ3n) is 5.14. The fraction of sp³-hybridized carbons (Fsp3) is 0.667. The lowest BCUT2D eigenvalue weighted by atomic mass is 9.85. The van der Waals surface area contributed by atoms with E-state index >= 15 is 0 Å². The number of hydrogen-bond acceptors (Lipinski definition) is 2. The molecule has 0 bridgehead atoms. The van der Waals surface area contributed by atoms with Crippen LogP contribution in [0, 0.1) is 5.92 Å². The fourth-order valence-corrected chi connectivity index (χ4v) is 4.34. The lowest BCUT2D eigenvalue weighted by Gasteiger charge is -2.40. The van der Waals surface area contributed by atoms with Crippen LogP contribution in [0.15, 0.2) is 22.7 Å². The van der Waals surface area contributed by atoms with Gasteiger partial charge in [-0.1, -0.05) is 36.2 Å².